The first kappa shape index (κ1) is 28.1. The van der Waals surface area contributed by atoms with Crippen LogP contribution in [-0.2, 0) is 17.8 Å². The SMILES string of the molecule is CC(C)[C@@H](CN[C@@H](Cc1ccc2ccccc2c1)C(=O)NCc1cccc2ccccc12)NC[C@@H](N)CS. The van der Waals surface area contributed by atoms with Crippen LogP contribution in [0.3, 0.4) is 0 Å². The first-order valence-electron chi connectivity index (χ1n) is 13.5. The molecule has 38 heavy (non-hydrogen) atoms. The van der Waals surface area contributed by atoms with Crippen LogP contribution in [0.15, 0.2) is 84.9 Å². The smallest absolute Gasteiger partial charge is 0.237 e. The van der Waals surface area contributed by atoms with Gasteiger partial charge < -0.3 is 21.7 Å². The molecule has 0 aliphatic carbocycles. The summed E-state index contributed by atoms with van der Waals surface area (Å²) in [6.07, 6.45) is 0.604. The molecule has 0 aliphatic heterocycles. The number of benzene rings is 4. The summed E-state index contributed by atoms with van der Waals surface area (Å²) in [4.78, 5) is 13.6. The molecule has 0 unspecified atom stereocenters. The van der Waals surface area contributed by atoms with Gasteiger partial charge in [0.15, 0.2) is 0 Å². The lowest BCUT2D eigenvalue weighted by atomic mass is 9.99. The van der Waals surface area contributed by atoms with Crippen LogP contribution in [-0.4, -0.2) is 42.9 Å². The molecule has 3 atom stereocenters. The van der Waals surface area contributed by atoms with E-state index in [1.807, 2.05) is 30.3 Å². The topological polar surface area (TPSA) is 79.2 Å². The van der Waals surface area contributed by atoms with E-state index in [0.717, 1.165) is 11.1 Å². The van der Waals surface area contributed by atoms with E-state index in [-0.39, 0.29) is 24.0 Å². The minimum Gasteiger partial charge on any atom is -0.351 e. The number of hydrogen-bond acceptors (Lipinski definition) is 5. The molecule has 0 spiro atoms. The van der Waals surface area contributed by atoms with Crippen molar-refractivity contribution in [3.63, 3.8) is 0 Å². The van der Waals surface area contributed by atoms with Gasteiger partial charge in [-0.1, -0.05) is 98.8 Å². The van der Waals surface area contributed by atoms with Crippen molar-refractivity contribution in [2.45, 2.75) is 44.9 Å². The average molecular weight is 529 g/mol. The van der Waals surface area contributed by atoms with E-state index >= 15 is 0 Å². The molecule has 0 fully saturated rings. The summed E-state index contributed by atoms with van der Waals surface area (Å²) in [5, 5.41) is 15.1. The van der Waals surface area contributed by atoms with Crippen molar-refractivity contribution in [3.05, 3.63) is 96.1 Å². The highest BCUT2D eigenvalue weighted by molar-refractivity contribution is 7.80. The van der Waals surface area contributed by atoms with E-state index in [1.54, 1.807) is 0 Å². The van der Waals surface area contributed by atoms with Gasteiger partial charge in [0.05, 0.1) is 6.04 Å². The molecular formula is C32H40N4OS. The summed E-state index contributed by atoms with van der Waals surface area (Å²) in [6, 6.07) is 29.1. The summed E-state index contributed by atoms with van der Waals surface area (Å²) in [5.41, 5.74) is 8.33. The molecule has 4 aromatic carbocycles. The second kappa shape index (κ2) is 13.8. The second-order valence-electron chi connectivity index (χ2n) is 10.4. The highest BCUT2D eigenvalue weighted by atomic mass is 32.1. The number of carbonyl (C=O) groups is 1. The molecule has 0 radical (unpaired) electrons. The number of nitrogens with one attached hydrogen (secondary N) is 3. The van der Waals surface area contributed by atoms with Crippen molar-refractivity contribution in [3.8, 4) is 0 Å². The van der Waals surface area contributed by atoms with E-state index in [2.05, 4.69) is 97.0 Å². The van der Waals surface area contributed by atoms with Gasteiger partial charge in [-0.2, -0.15) is 12.6 Å². The van der Waals surface area contributed by atoms with Crippen molar-refractivity contribution in [2.24, 2.45) is 11.7 Å². The molecule has 0 saturated heterocycles. The summed E-state index contributed by atoms with van der Waals surface area (Å²) in [5.74, 6) is 1.02. The lowest BCUT2D eigenvalue weighted by Gasteiger charge is -2.27. The van der Waals surface area contributed by atoms with Crippen molar-refractivity contribution < 1.29 is 4.79 Å². The average Bonchev–Trinajstić information content (AvgIpc) is 2.94. The molecular weight excluding hydrogens is 488 g/mol. The number of nitrogens with two attached hydrogens (primary N) is 1. The van der Waals surface area contributed by atoms with E-state index < -0.39 is 0 Å². The molecule has 0 aromatic heterocycles. The summed E-state index contributed by atoms with van der Waals surface area (Å²) < 4.78 is 0. The second-order valence-corrected chi connectivity index (χ2v) is 10.8. The number of amides is 1. The van der Waals surface area contributed by atoms with Gasteiger partial charge in [-0.05, 0) is 45.0 Å². The van der Waals surface area contributed by atoms with Crippen LogP contribution < -0.4 is 21.7 Å². The maximum atomic E-state index is 13.6. The van der Waals surface area contributed by atoms with Gasteiger partial charge in [-0.25, -0.2) is 0 Å². The molecule has 0 bridgehead atoms. The number of hydrogen-bond donors (Lipinski definition) is 5. The quantitative estimate of drug-likeness (QED) is 0.163. The lowest BCUT2D eigenvalue weighted by Crippen LogP contribution is -2.52. The van der Waals surface area contributed by atoms with Gasteiger partial charge in [0.2, 0.25) is 5.91 Å². The molecule has 5 nitrogen and oxygen atoms in total. The zero-order valence-corrected chi connectivity index (χ0v) is 23.3. The number of carbonyl (C=O) groups excluding carboxylic acids is 1. The maximum absolute atomic E-state index is 13.6. The van der Waals surface area contributed by atoms with Gasteiger partial charge in [-0.3, -0.25) is 4.79 Å². The third-order valence-electron chi connectivity index (χ3n) is 7.17. The van der Waals surface area contributed by atoms with E-state index in [4.69, 9.17) is 5.73 Å². The first-order valence-corrected chi connectivity index (χ1v) is 14.1. The van der Waals surface area contributed by atoms with Crippen molar-refractivity contribution in [1.82, 2.24) is 16.0 Å². The lowest BCUT2D eigenvalue weighted by molar-refractivity contribution is -0.123. The van der Waals surface area contributed by atoms with Crippen LogP contribution in [0, 0.1) is 5.92 Å². The van der Waals surface area contributed by atoms with Crippen LogP contribution in [0.4, 0.5) is 0 Å². The summed E-state index contributed by atoms with van der Waals surface area (Å²) in [7, 11) is 0. The van der Waals surface area contributed by atoms with Gasteiger partial charge in [0.1, 0.15) is 0 Å². The Balaban J connectivity index is 1.49. The normalized spacial score (nSPS) is 14.0. The molecule has 6 heteroatoms. The number of rotatable bonds is 13. The highest BCUT2D eigenvalue weighted by Gasteiger charge is 2.22. The minimum absolute atomic E-state index is 0.000610. The third kappa shape index (κ3) is 7.58. The number of fused-ring (bicyclic) bond motifs is 2. The Hall–Kier alpha value is -2.90. The predicted octanol–water partition coefficient (Wildman–Crippen LogP) is 4.68. The Kier molecular flexibility index (Phi) is 10.2. The zero-order valence-electron chi connectivity index (χ0n) is 22.4. The third-order valence-corrected chi connectivity index (χ3v) is 7.64. The molecule has 0 aliphatic rings. The Morgan fingerprint density at radius 3 is 2.32 bits per heavy atom. The van der Waals surface area contributed by atoms with Gasteiger partial charge in [-0.15, -0.1) is 0 Å². The van der Waals surface area contributed by atoms with E-state index in [9.17, 15) is 4.79 Å². The van der Waals surface area contributed by atoms with Crippen LogP contribution in [0.1, 0.15) is 25.0 Å². The predicted molar refractivity (Wildman–Crippen MR) is 164 cm³/mol. The summed E-state index contributed by atoms with van der Waals surface area (Å²) >= 11 is 4.30. The molecule has 0 saturated carbocycles. The fraction of sp³-hybridized carbons (Fsp3) is 0.344. The molecule has 4 aromatic rings. The molecule has 5 N–H and O–H groups in total. The Morgan fingerprint density at radius 1 is 0.842 bits per heavy atom. The van der Waals surface area contributed by atoms with E-state index in [0.29, 0.717) is 37.7 Å². The minimum atomic E-state index is -0.368. The highest BCUT2D eigenvalue weighted by Crippen LogP contribution is 2.19. The van der Waals surface area contributed by atoms with E-state index in [1.165, 1.54) is 21.5 Å². The van der Waals surface area contributed by atoms with Crippen LogP contribution in [0.5, 0.6) is 0 Å². The van der Waals surface area contributed by atoms with Crippen molar-refractivity contribution in [1.29, 1.82) is 0 Å². The largest absolute Gasteiger partial charge is 0.351 e. The molecule has 4 rings (SSSR count). The Labute approximate surface area is 232 Å². The standard InChI is InChI=1S/C32H40N4OS/c1-22(2)31(34-19-28(33)21-38)20-35-30(17-23-14-15-24-8-3-4-10-26(24)16-23)32(37)36-18-27-12-7-11-25-9-5-6-13-29(25)27/h3-16,22,28,30-31,34-35,38H,17-21,33H2,1-2H3,(H,36,37)/t28-,30+,31-/m1/s1. The van der Waals surface area contributed by atoms with Gasteiger partial charge in [0, 0.05) is 37.5 Å². The monoisotopic (exact) mass is 528 g/mol. The van der Waals surface area contributed by atoms with Crippen LogP contribution >= 0.6 is 12.6 Å². The Morgan fingerprint density at radius 2 is 1.55 bits per heavy atom. The van der Waals surface area contributed by atoms with Gasteiger partial charge >= 0.3 is 0 Å². The number of thiol groups is 1. The van der Waals surface area contributed by atoms with Crippen molar-refractivity contribution >= 4 is 40.1 Å². The van der Waals surface area contributed by atoms with Crippen molar-refractivity contribution in [2.75, 3.05) is 18.8 Å². The molecule has 1 amide bonds. The fourth-order valence-electron chi connectivity index (χ4n) is 4.79. The maximum Gasteiger partial charge on any atom is 0.237 e. The summed E-state index contributed by atoms with van der Waals surface area (Å²) in [6.45, 7) is 6.21. The molecule has 0 heterocycles. The van der Waals surface area contributed by atoms with Crippen LogP contribution in [0.25, 0.3) is 21.5 Å². The zero-order chi connectivity index (χ0) is 26.9. The molecule has 200 valence electrons. The Bertz CT molecular complexity index is 1340. The van der Waals surface area contributed by atoms with Crippen LogP contribution in [0.2, 0.25) is 0 Å². The fourth-order valence-corrected chi connectivity index (χ4v) is 4.92. The van der Waals surface area contributed by atoms with Gasteiger partial charge in [0.25, 0.3) is 0 Å². The first-order chi connectivity index (χ1) is 18.4.